The zero-order valence-corrected chi connectivity index (χ0v) is 12.0. The lowest BCUT2D eigenvalue weighted by Gasteiger charge is -2.32. The molecule has 1 spiro atoms. The molecule has 1 atom stereocenters. The van der Waals surface area contributed by atoms with Gasteiger partial charge in [-0.1, -0.05) is 12.1 Å². The standard InChI is InChI=1S/C16H22N2O2/c1-20-14-5-2-4-13(10-14)11-18-9-7-16(15(18)19)6-3-8-17-12-16/h2,4-5,10,17H,3,6-9,11-12H2,1H3. The third kappa shape index (κ3) is 2.40. The maximum atomic E-state index is 12.7. The number of piperidine rings is 1. The molecule has 0 aliphatic carbocycles. The molecule has 4 nitrogen and oxygen atoms in total. The maximum absolute atomic E-state index is 12.7. The molecule has 1 aromatic carbocycles. The Kier molecular flexibility index (Phi) is 3.66. The van der Waals surface area contributed by atoms with Crippen LogP contribution in [-0.4, -0.2) is 37.6 Å². The van der Waals surface area contributed by atoms with Gasteiger partial charge in [0.05, 0.1) is 12.5 Å². The van der Waals surface area contributed by atoms with Gasteiger partial charge in [-0.05, 0) is 43.5 Å². The Bertz CT molecular complexity index is 495. The van der Waals surface area contributed by atoms with E-state index in [0.717, 1.165) is 50.2 Å². The maximum Gasteiger partial charge on any atom is 0.230 e. The SMILES string of the molecule is COc1cccc(CN2CCC3(CCCNC3)C2=O)c1. The second-order valence-corrected chi connectivity index (χ2v) is 5.89. The van der Waals surface area contributed by atoms with Crippen LogP contribution in [0, 0.1) is 5.41 Å². The van der Waals surface area contributed by atoms with Crippen LogP contribution >= 0.6 is 0 Å². The van der Waals surface area contributed by atoms with Gasteiger partial charge in [0.15, 0.2) is 0 Å². The molecule has 0 saturated carbocycles. The number of methoxy groups -OCH3 is 1. The summed E-state index contributed by atoms with van der Waals surface area (Å²) in [6.45, 7) is 3.46. The number of hydrogen-bond donors (Lipinski definition) is 1. The van der Waals surface area contributed by atoms with Gasteiger partial charge in [0.1, 0.15) is 5.75 Å². The van der Waals surface area contributed by atoms with Crippen molar-refractivity contribution in [1.29, 1.82) is 0 Å². The zero-order chi connectivity index (χ0) is 14.0. The molecule has 2 aliphatic heterocycles. The molecular weight excluding hydrogens is 252 g/mol. The fraction of sp³-hybridized carbons (Fsp3) is 0.562. The molecule has 1 unspecified atom stereocenters. The lowest BCUT2D eigenvalue weighted by atomic mass is 9.79. The van der Waals surface area contributed by atoms with E-state index >= 15 is 0 Å². The van der Waals surface area contributed by atoms with Crippen LogP contribution in [0.25, 0.3) is 0 Å². The minimum atomic E-state index is -0.128. The highest BCUT2D eigenvalue weighted by atomic mass is 16.5. The highest BCUT2D eigenvalue weighted by molar-refractivity contribution is 5.85. The number of carbonyl (C=O) groups is 1. The summed E-state index contributed by atoms with van der Waals surface area (Å²) in [4.78, 5) is 14.7. The highest BCUT2D eigenvalue weighted by Gasteiger charge is 2.46. The van der Waals surface area contributed by atoms with E-state index in [2.05, 4.69) is 11.4 Å². The van der Waals surface area contributed by atoms with E-state index in [-0.39, 0.29) is 5.41 Å². The first-order chi connectivity index (χ1) is 9.73. The number of nitrogens with zero attached hydrogens (tertiary/aromatic N) is 1. The molecule has 20 heavy (non-hydrogen) atoms. The van der Waals surface area contributed by atoms with Crippen LogP contribution in [-0.2, 0) is 11.3 Å². The number of nitrogens with one attached hydrogen (secondary N) is 1. The van der Waals surface area contributed by atoms with Crippen molar-refractivity contribution < 1.29 is 9.53 Å². The van der Waals surface area contributed by atoms with Crippen molar-refractivity contribution in [2.45, 2.75) is 25.8 Å². The van der Waals surface area contributed by atoms with Gasteiger partial charge < -0.3 is 15.0 Å². The summed E-state index contributed by atoms with van der Waals surface area (Å²) in [5, 5.41) is 3.38. The summed E-state index contributed by atoms with van der Waals surface area (Å²) in [7, 11) is 1.67. The molecular formula is C16H22N2O2. The monoisotopic (exact) mass is 274 g/mol. The second-order valence-electron chi connectivity index (χ2n) is 5.89. The van der Waals surface area contributed by atoms with Crippen LogP contribution in [0.5, 0.6) is 5.75 Å². The van der Waals surface area contributed by atoms with E-state index in [4.69, 9.17) is 4.74 Å². The summed E-state index contributed by atoms with van der Waals surface area (Å²) in [6.07, 6.45) is 3.13. The molecule has 108 valence electrons. The molecule has 2 fully saturated rings. The Morgan fingerprint density at radius 2 is 2.30 bits per heavy atom. The van der Waals surface area contributed by atoms with Gasteiger partial charge in [0, 0.05) is 19.6 Å². The third-order valence-electron chi connectivity index (χ3n) is 4.58. The van der Waals surface area contributed by atoms with Crippen LogP contribution in [0.15, 0.2) is 24.3 Å². The molecule has 3 rings (SSSR count). The molecule has 2 saturated heterocycles. The Labute approximate surface area is 120 Å². The normalized spacial score (nSPS) is 26.2. The van der Waals surface area contributed by atoms with Crippen LogP contribution in [0.1, 0.15) is 24.8 Å². The number of ether oxygens (including phenoxy) is 1. The minimum Gasteiger partial charge on any atom is -0.497 e. The van der Waals surface area contributed by atoms with Gasteiger partial charge in [-0.3, -0.25) is 4.79 Å². The lowest BCUT2D eigenvalue weighted by molar-refractivity contribution is -0.137. The lowest BCUT2D eigenvalue weighted by Crippen LogP contribution is -2.45. The first-order valence-corrected chi connectivity index (χ1v) is 7.37. The summed E-state index contributed by atoms with van der Waals surface area (Å²) in [5.74, 6) is 1.18. The van der Waals surface area contributed by atoms with Crippen molar-refractivity contribution >= 4 is 5.91 Å². The van der Waals surface area contributed by atoms with E-state index in [1.54, 1.807) is 7.11 Å². The van der Waals surface area contributed by atoms with Crippen molar-refractivity contribution in [2.75, 3.05) is 26.7 Å². The smallest absolute Gasteiger partial charge is 0.230 e. The van der Waals surface area contributed by atoms with Crippen LogP contribution < -0.4 is 10.1 Å². The number of likely N-dealkylation sites (tertiary alicyclic amines) is 1. The van der Waals surface area contributed by atoms with E-state index < -0.39 is 0 Å². The van der Waals surface area contributed by atoms with Gasteiger partial charge >= 0.3 is 0 Å². The highest BCUT2D eigenvalue weighted by Crippen LogP contribution is 2.38. The van der Waals surface area contributed by atoms with Gasteiger partial charge in [0.25, 0.3) is 0 Å². The van der Waals surface area contributed by atoms with Crippen molar-refractivity contribution in [1.82, 2.24) is 10.2 Å². The van der Waals surface area contributed by atoms with Crippen molar-refractivity contribution in [2.24, 2.45) is 5.41 Å². The molecule has 2 heterocycles. The number of rotatable bonds is 3. The second kappa shape index (κ2) is 5.44. The van der Waals surface area contributed by atoms with Crippen LogP contribution in [0.2, 0.25) is 0 Å². The first-order valence-electron chi connectivity index (χ1n) is 7.37. The van der Waals surface area contributed by atoms with Gasteiger partial charge in [-0.25, -0.2) is 0 Å². The Morgan fingerprint density at radius 3 is 3.05 bits per heavy atom. The van der Waals surface area contributed by atoms with E-state index in [1.165, 1.54) is 0 Å². The molecule has 4 heteroatoms. The number of amides is 1. The molecule has 2 aliphatic rings. The summed E-state index contributed by atoms with van der Waals surface area (Å²) in [5.41, 5.74) is 1.01. The van der Waals surface area contributed by atoms with E-state index in [9.17, 15) is 4.79 Å². The fourth-order valence-corrected chi connectivity index (χ4v) is 3.40. The molecule has 1 amide bonds. The van der Waals surface area contributed by atoms with Crippen molar-refractivity contribution in [3.8, 4) is 5.75 Å². The zero-order valence-electron chi connectivity index (χ0n) is 12.0. The number of hydrogen-bond acceptors (Lipinski definition) is 3. The quantitative estimate of drug-likeness (QED) is 0.914. The predicted octanol–water partition coefficient (Wildman–Crippen LogP) is 1.80. The van der Waals surface area contributed by atoms with E-state index in [1.807, 2.05) is 23.1 Å². The summed E-state index contributed by atoms with van der Waals surface area (Å²) >= 11 is 0. The largest absolute Gasteiger partial charge is 0.497 e. The van der Waals surface area contributed by atoms with E-state index in [0.29, 0.717) is 12.5 Å². The molecule has 0 radical (unpaired) electrons. The van der Waals surface area contributed by atoms with Crippen LogP contribution in [0.3, 0.4) is 0 Å². The first kappa shape index (κ1) is 13.4. The Balaban J connectivity index is 1.71. The van der Waals surface area contributed by atoms with Gasteiger partial charge in [-0.2, -0.15) is 0 Å². The van der Waals surface area contributed by atoms with Gasteiger partial charge in [-0.15, -0.1) is 0 Å². The average molecular weight is 274 g/mol. The van der Waals surface area contributed by atoms with Gasteiger partial charge in [0.2, 0.25) is 5.91 Å². The number of benzene rings is 1. The molecule has 0 aromatic heterocycles. The average Bonchev–Trinajstić information content (AvgIpc) is 2.78. The summed E-state index contributed by atoms with van der Waals surface area (Å²) in [6, 6.07) is 7.98. The fourth-order valence-electron chi connectivity index (χ4n) is 3.40. The molecule has 1 aromatic rings. The van der Waals surface area contributed by atoms with Crippen molar-refractivity contribution in [3.05, 3.63) is 29.8 Å². The van der Waals surface area contributed by atoms with Crippen molar-refractivity contribution in [3.63, 3.8) is 0 Å². The summed E-state index contributed by atoms with van der Waals surface area (Å²) < 4.78 is 5.24. The molecule has 0 bridgehead atoms. The number of carbonyl (C=O) groups excluding carboxylic acids is 1. The predicted molar refractivity (Wildman–Crippen MR) is 77.6 cm³/mol. The minimum absolute atomic E-state index is 0.128. The third-order valence-corrected chi connectivity index (χ3v) is 4.58. The molecule has 1 N–H and O–H groups in total. The topological polar surface area (TPSA) is 41.6 Å². The van der Waals surface area contributed by atoms with Crippen LogP contribution in [0.4, 0.5) is 0 Å². The Morgan fingerprint density at radius 1 is 1.40 bits per heavy atom. The Hall–Kier alpha value is -1.55.